The molecule has 0 saturated carbocycles. The molecule has 2 rings (SSSR count). The lowest BCUT2D eigenvalue weighted by atomic mass is 10.2. The number of halogens is 2. The normalized spacial score (nSPS) is 11.7. The summed E-state index contributed by atoms with van der Waals surface area (Å²) in [6.45, 7) is 3.37. The molecule has 6 heteroatoms. The molecule has 0 unspecified atom stereocenters. The molecule has 0 atom stereocenters. The van der Waals surface area contributed by atoms with Gasteiger partial charge >= 0.3 is 0 Å². The van der Waals surface area contributed by atoms with Crippen molar-refractivity contribution in [2.45, 2.75) is 5.03 Å². The predicted molar refractivity (Wildman–Crippen MR) is 69.0 cm³/mol. The van der Waals surface area contributed by atoms with Crippen LogP contribution >= 0.6 is 11.6 Å². The van der Waals surface area contributed by atoms with Crippen LogP contribution in [-0.2, 0) is 9.84 Å². The zero-order valence-corrected chi connectivity index (χ0v) is 10.8. The van der Waals surface area contributed by atoms with E-state index in [9.17, 15) is 12.8 Å². The largest absolute Gasteiger partial charge is 0.244 e. The van der Waals surface area contributed by atoms with Gasteiger partial charge in [0.25, 0.3) is 0 Å². The second-order valence-electron chi connectivity index (χ2n) is 3.67. The molecule has 0 radical (unpaired) electrons. The highest BCUT2D eigenvalue weighted by atomic mass is 35.5. The molecule has 2 aromatic rings. The third-order valence-electron chi connectivity index (χ3n) is 2.38. The Morgan fingerprint density at radius 2 is 2.17 bits per heavy atom. The molecule has 0 saturated heterocycles. The average Bonchev–Trinajstić information content (AvgIpc) is 2.27. The van der Waals surface area contributed by atoms with Crippen molar-refractivity contribution in [2.75, 3.05) is 5.75 Å². The van der Waals surface area contributed by atoms with Gasteiger partial charge in [-0.15, -0.1) is 6.58 Å². The third-order valence-corrected chi connectivity index (χ3v) is 4.17. The van der Waals surface area contributed by atoms with Gasteiger partial charge < -0.3 is 0 Å². The Hall–Kier alpha value is -1.46. The van der Waals surface area contributed by atoms with E-state index in [1.54, 1.807) is 0 Å². The molecule has 0 aliphatic rings. The van der Waals surface area contributed by atoms with Crippen LogP contribution in [0.15, 0.2) is 42.1 Å². The smallest absolute Gasteiger partial charge is 0.199 e. The van der Waals surface area contributed by atoms with Crippen molar-refractivity contribution in [1.82, 2.24) is 4.98 Å². The summed E-state index contributed by atoms with van der Waals surface area (Å²) in [6.07, 6.45) is 2.55. The molecule has 0 N–H and O–H groups in total. The number of pyridine rings is 1. The quantitative estimate of drug-likeness (QED) is 0.815. The van der Waals surface area contributed by atoms with Gasteiger partial charge in [0.1, 0.15) is 5.82 Å². The first-order chi connectivity index (χ1) is 8.45. The van der Waals surface area contributed by atoms with Gasteiger partial charge in [-0.1, -0.05) is 17.7 Å². The van der Waals surface area contributed by atoms with Crippen molar-refractivity contribution >= 4 is 32.2 Å². The SMILES string of the molecule is C=CCS(=O)(=O)c1nccc2cc(Cl)cc(F)c12. The number of hydrogen-bond acceptors (Lipinski definition) is 3. The number of aromatic nitrogens is 1. The van der Waals surface area contributed by atoms with E-state index < -0.39 is 15.7 Å². The van der Waals surface area contributed by atoms with E-state index in [0.29, 0.717) is 5.39 Å². The maximum Gasteiger partial charge on any atom is 0.199 e. The lowest BCUT2D eigenvalue weighted by molar-refractivity contribution is 0.594. The predicted octanol–water partition coefficient (Wildman–Crippen LogP) is 2.99. The van der Waals surface area contributed by atoms with Crippen molar-refractivity contribution < 1.29 is 12.8 Å². The van der Waals surface area contributed by atoms with Gasteiger partial charge in [-0.25, -0.2) is 17.8 Å². The summed E-state index contributed by atoms with van der Waals surface area (Å²) >= 11 is 5.73. The molecule has 0 spiro atoms. The molecule has 1 aromatic heterocycles. The van der Waals surface area contributed by atoms with Gasteiger partial charge in [-0.05, 0) is 23.6 Å². The first-order valence-corrected chi connectivity index (χ1v) is 7.06. The van der Waals surface area contributed by atoms with Gasteiger partial charge in [0.15, 0.2) is 14.9 Å². The van der Waals surface area contributed by atoms with Gasteiger partial charge in [-0.3, -0.25) is 0 Å². The summed E-state index contributed by atoms with van der Waals surface area (Å²) in [5.74, 6) is -0.991. The summed E-state index contributed by atoms with van der Waals surface area (Å²) < 4.78 is 37.8. The second kappa shape index (κ2) is 4.66. The van der Waals surface area contributed by atoms with Gasteiger partial charge in [0, 0.05) is 11.2 Å². The third kappa shape index (κ3) is 2.23. The maximum atomic E-state index is 13.9. The monoisotopic (exact) mass is 285 g/mol. The van der Waals surface area contributed by atoms with E-state index in [0.717, 1.165) is 6.07 Å². The summed E-state index contributed by atoms with van der Waals surface area (Å²) in [7, 11) is -3.68. The van der Waals surface area contributed by atoms with Gasteiger partial charge in [-0.2, -0.15) is 0 Å². The number of nitrogens with zero attached hydrogens (tertiary/aromatic N) is 1. The summed E-state index contributed by atoms with van der Waals surface area (Å²) in [5.41, 5.74) is 0. The van der Waals surface area contributed by atoms with E-state index in [2.05, 4.69) is 11.6 Å². The molecule has 0 aliphatic carbocycles. The van der Waals surface area contributed by atoms with Crippen LogP contribution in [0.4, 0.5) is 4.39 Å². The van der Waals surface area contributed by atoms with Crippen molar-refractivity contribution in [2.24, 2.45) is 0 Å². The Bertz CT molecular complexity index is 728. The first-order valence-electron chi connectivity index (χ1n) is 5.03. The van der Waals surface area contributed by atoms with E-state index in [-0.39, 0.29) is 21.2 Å². The minimum Gasteiger partial charge on any atom is -0.244 e. The molecule has 1 aromatic carbocycles. The molecule has 0 aliphatic heterocycles. The Morgan fingerprint density at radius 3 is 2.83 bits per heavy atom. The molecule has 3 nitrogen and oxygen atoms in total. The highest BCUT2D eigenvalue weighted by molar-refractivity contribution is 7.91. The van der Waals surface area contributed by atoms with Gasteiger partial charge in [0.2, 0.25) is 0 Å². The van der Waals surface area contributed by atoms with Crippen LogP contribution in [0.5, 0.6) is 0 Å². The molecular weight excluding hydrogens is 277 g/mol. The Morgan fingerprint density at radius 1 is 1.44 bits per heavy atom. The zero-order chi connectivity index (χ0) is 13.3. The molecular formula is C12H9ClFNO2S. The zero-order valence-electron chi connectivity index (χ0n) is 9.23. The van der Waals surface area contributed by atoms with E-state index in [1.807, 2.05) is 0 Å². The molecule has 1 heterocycles. The van der Waals surface area contributed by atoms with Crippen LogP contribution in [-0.4, -0.2) is 19.2 Å². The fourth-order valence-electron chi connectivity index (χ4n) is 1.67. The lowest BCUT2D eigenvalue weighted by Gasteiger charge is -2.06. The maximum absolute atomic E-state index is 13.9. The van der Waals surface area contributed by atoms with Crippen LogP contribution in [0.2, 0.25) is 5.02 Å². The standard InChI is InChI=1S/C12H9ClFNO2S/c1-2-5-18(16,17)12-11-8(3-4-15-12)6-9(13)7-10(11)14/h2-4,6-7H,1,5H2. The van der Waals surface area contributed by atoms with Crippen LogP contribution < -0.4 is 0 Å². The molecule has 0 amide bonds. The highest BCUT2D eigenvalue weighted by Gasteiger charge is 2.20. The molecule has 18 heavy (non-hydrogen) atoms. The average molecular weight is 286 g/mol. The van der Waals surface area contributed by atoms with Crippen molar-refractivity contribution in [1.29, 1.82) is 0 Å². The summed E-state index contributed by atoms with van der Waals surface area (Å²) in [6, 6.07) is 4.07. The Kier molecular flexibility index (Phi) is 3.36. The van der Waals surface area contributed by atoms with E-state index >= 15 is 0 Å². The van der Waals surface area contributed by atoms with E-state index in [1.165, 1.54) is 24.4 Å². The molecule has 94 valence electrons. The second-order valence-corrected chi connectivity index (χ2v) is 6.06. The van der Waals surface area contributed by atoms with Crippen LogP contribution in [0.1, 0.15) is 0 Å². The fraction of sp³-hybridized carbons (Fsp3) is 0.0833. The van der Waals surface area contributed by atoms with Gasteiger partial charge in [0.05, 0.1) is 11.1 Å². The van der Waals surface area contributed by atoms with Crippen LogP contribution in [0.3, 0.4) is 0 Å². The number of fused-ring (bicyclic) bond motifs is 1. The minimum absolute atomic E-state index is 0.0382. The van der Waals surface area contributed by atoms with Crippen LogP contribution in [0, 0.1) is 5.82 Å². The van der Waals surface area contributed by atoms with Crippen molar-refractivity contribution in [3.63, 3.8) is 0 Å². The van der Waals surface area contributed by atoms with Crippen LogP contribution in [0.25, 0.3) is 10.8 Å². The van der Waals surface area contributed by atoms with Crippen molar-refractivity contribution in [3.8, 4) is 0 Å². The molecule has 0 bridgehead atoms. The molecule has 0 fully saturated rings. The minimum atomic E-state index is -3.68. The van der Waals surface area contributed by atoms with Crippen molar-refractivity contribution in [3.05, 3.63) is 47.9 Å². The lowest BCUT2D eigenvalue weighted by Crippen LogP contribution is -2.08. The number of rotatable bonds is 3. The Balaban J connectivity index is 2.85. The number of sulfone groups is 1. The number of hydrogen-bond donors (Lipinski definition) is 0. The summed E-state index contributed by atoms with van der Waals surface area (Å²) in [5, 5.41) is 0.286. The number of benzene rings is 1. The fourth-order valence-corrected chi connectivity index (χ4v) is 3.10. The Labute approximate surface area is 109 Å². The highest BCUT2D eigenvalue weighted by Crippen LogP contribution is 2.27. The first kappa shape index (κ1) is 13.0. The summed E-state index contributed by atoms with van der Waals surface area (Å²) in [4.78, 5) is 3.77. The topological polar surface area (TPSA) is 47.0 Å². The van der Waals surface area contributed by atoms with E-state index in [4.69, 9.17) is 11.6 Å².